The molecule has 0 bridgehead atoms. The predicted molar refractivity (Wildman–Crippen MR) is 81.9 cm³/mol. The first kappa shape index (κ1) is 16.2. The molecule has 2 atom stereocenters. The molecule has 2 heterocycles. The summed E-state index contributed by atoms with van der Waals surface area (Å²) in [5.41, 5.74) is 0.304. The number of pyridine rings is 1. The minimum Gasteiger partial charge on any atom is -0.348 e. The summed E-state index contributed by atoms with van der Waals surface area (Å²) in [5.74, 6) is -0.905. The molecule has 1 aliphatic rings. The standard InChI is InChI=1S/C13H18N4O4S/c1-8-12(18)15-10-6-5-7-14-11(10)17(8)22(20,21)9(2)13(19)16(3)4/h5-9H,1-4H3,(H,15,18)/t8-,9-/m0/s1. The van der Waals surface area contributed by atoms with E-state index in [9.17, 15) is 18.0 Å². The Morgan fingerprint density at radius 2 is 2.09 bits per heavy atom. The van der Waals surface area contributed by atoms with Crippen molar-refractivity contribution in [3.8, 4) is 0 Å². The van der Waals surface area contributed by atoms with Crippen LogP contribution in [0.5, 0.6) is 0 Å². The Kier molecular flexibility index (Phi) is 4.10. The van der Waals surface area contributed by atoms with Crippen LogP contribution in [0.4, 0.5) is 11.5 Å². The summed E-state index contributed by atoms with van der Waals surface area (Å²) < 4.78 is 26.5. The Labute approximate surface area is 129 Å². The topological polar surface area (TPSA) is 99.7 Å². The monoisotopic (exact) mass is 326 g/mol. The molecule has 2 rings (SSSR count). The van der Waals surface area contributed by atoms with Gasteiger partial charge in [0.05, 0.1) is 5.69 Å². The maximum absolute atomic E-state index is 12.8. The van der Waals surface area contributed by atoms with E-state index in [1.807, 2.05) is 0 Å². The number of nitrogens with zero attached hydrogens (tertiary/aromatic N) is 3. The van der Waals surface area contributed by atoms with E-state index >= 15 is 0 Å². The first-order valence-electron chi connectivity index (χ1n) is 6.68. The number of hydrogen-bond donors (Lipinski definition) is 1. The van der Waals surface area contributed by atoms with Crippen molar-refractivity contribution in [2.75, 3.05) is 23.7 Å². The zero-order valence-corrected chi connectivity index (χ0v) is 13.6. The fraction of sp³-hybridized carbons (Fsp3) is 0.462. The molecule has 1 aliphatic heterocycles. The summed E-state index contributed by atoms with van der Waals surface area (Å²) in [7, 11) is -1.12. The maximum atomic E-state index is 12.8. The molecular formula is C13H18N4O4S. The van der Waals surface area contributed by atoms with Crippen molar-refractivity contribution in [1.82, 2.24) is 9.88 Å². The van der Waals surface area contributed by atoms with E-state index in [0.29, 0.717) is 5.69 Å². The first-order valence-corrected chi connectivity index (χ1v) is 8.18. The number of rotatable bonds is 3. The summed E-state index contributed by atoms with van der Waals surface area (Å²) >= 11 is 0. The summed E-state index contributed by atoms with van der Waals surface area (Å²) in [6, 6.07) is 2.17. The van der Waals surface area contributed by atoms with E-state index in [1.165, 1.54) is 39.0 Å². The van der Waals surface area contributed by atoms with Crippen molar-refractivity contribution in [1.29, 1.82) is 0 Å². The van der Waals surface area contributed by atoms with Gasteiger partial charge < -0.3 is 10.2 Å². The second kappa shape index (κ2) is 5.56. The van der Waals surface area contributed by atoms with Crippen LogP contribution in [0.15, 0.2) is 18.3 Å². The van der Waals surface area contributed by atoms with Crippen LogP contribution in [0.3, 0.4) is 0 Å². The lowest BCUT2D eigenvalue weighted by atomic mass is 10.2. The van der Waals surface area contributed by atoms with Crippen LogP contribution in [-0.4, -0.2) is 55.5 Å². The van der Waals surface area contributed by atoms with Gasteiger partial charge in [-0.15, -0.1) is 0 Å². The number of anilines is 2. The highest BCUT2D eigenvalue weighted by molar-refractivity contribution is 7.94. The average Bonchev–Trinajstić information content (AvgIpc) is 2.46. The van der Waals surface area contributed by atoms with Gasteiger partial charge in [-0.25, -0.2) is 17.7 Å². The third-order valence-corrected chi connectivity index (χ3v) is 5.63. The average molecular weight is 326 g/mol. The smallest absolute Gasteiger partial charge is 0.248 e. The number of hydrogen-bond acceptors (Lipinski definition) is 5. The lowest BCUT2D eigenvalue weighted by molar-refractivity contribution is -0.128. The van der Waals surface area contributed by atoms with Gasteiger partial charge in [0.25, 0.3) is 0 Å². The molecule has 0 saturated heterocycles. The highest BCUT2D eigenvalue weighted by Crippen LogP contribution is 2.33. The molecule has 9 heteroatoms. The molecule has 0 spiro atoms. The van der Waals surface area contributed by atoms with Crippen molar-refractivity contribution in [3.05, 3.63) is 18.3 Å². The molecule has 0 saturated carbocycles. The van der Waals surface area contributed by atoms with E-state index in [4.69, 9.17) is 0 Å². The highest BCUT2D eigenvalue weighted by Gasteiger charge is 2.43. The summed E-state index contributed by atoms with van der Waals surface area (Å²) in [6.07, 6.45) is 1.43. The Morgan fingerprint density at radius 1 is 1.45 bits per heavy atom. The summed E-state index contributed by atoms with van der Waals surface area (Å²) in [5, 5.41) is 1.29. The van der Waals surface area contributed by atoms with Gasteiger partial charge >= 0.3 is 0 Å². The largest absolute Gasteiger partial charge is 0.348 e. The zero-order valence-electron chi connectivity index (χ0n) is 12.8. The third-order valence-electron chi connectivity index (χ3n) is 3.49. The van der Waals surface area contributed by atoms with Crippen LogP contribution in [0.1, 0.15) is 13.8 Å². The Bertz CT molecular complexity index is 717. The van der Waals surface area contributed by atoms with Crippen molar-refractivity contribution in [2.24, 2.45) is 0 Å². The molecule has 22 heavy (non-hydrogen) atoms. The molecule has 0 radical (unpaired) electrons. The van der Waals surface area contributed by atoms with Crippen molar-refractivity contribution in [2.45, 2.75) is 25.1 Å². The van der Waals surface area contributed by atoms with Gasteiger partial charge in [0, 0.05) is 20.3 Å². The third kappa shape index (κ3) is 2.52. The number of amides is 2. The number of fused-ring (bicyclic) bond motifs is 1. The first-order chi connectivity index (χ1) is 10.2. The SMILES string of the molecule is C[C@H]1C(=O)Nc2cccnc2N1S(=O)(=O)[C@@H](C)C(=O)N(C)C. The van der Waals surface area contributed by atoms with Crippen LogP contribution in [-0.2, 0) is 19.6 Å². The second-order valence-corrected chi connectivity index (χ2v) is 7.39. The van der Waals surface area contributed by atoms with Crippen molar-refractivity contribution < 1.29 is 18.0 Å². The number of carbonyl (C=O) groups is 2. The Balaban J connectivity index is 2.54. The quantitative estimate of drug-likeness (QED) is 0.845. The minimum absolute atomic E-state index is 0.119. The van der Waals surface area contributed by atoms with E-state index in [-0.39, 0.29) is 5.82 Å². The molecule has 1 N–H and O–H groups in total. The summed E-state index contributed by atoms with van der Waals surface area (Å²) in [4.78, 5) is 29.3. The van der Waals surface area contributed by atoms with E-state index in [2.05, 4.69) is 10.3 Å². The van der Waals surface area contributed by atoms with Crippen LogP contribution in [0, 0.1) is 0 Å². The van der Waals surface area contributed by atoms with E-state index < -0.39 is 33.1 Å². The predicted octanol–water partition coefficient (Wildman–Crippen LogP) is 0.0351. The molecule has 2 amide bonds. The van der Waals surface area contributed by atoms with Crippen LogP contribution in [0.25, 0.3) is 0 Å². The minimum atomic E-state index is -4.08. The molecular weight excluding hydrogens is 308 g/mol. The maximum Gasteiger partial charge on any atom is 0.248 e. The van der Waals surface area contributed by atoms with Gasteiger partial charge in [0.2, 0.25) is 21.8 Å². The Hall–Kier alpha value is -2.16. The van der Waals surface area contributed by atoms with E-state index in [1.54, 1.807) is 12.1 Å². The number of carbonyl (C=O) groups excluding carboxylic acids is 2. The molecule has 8 nitrogen and oxygen atoms in total. The molecule has 0 aromatic carbocycles. The molecule has 1 aromatic rings. The summed E-state index contributed by atoms with van der Waals surface area (Å²) in [6.45, 7) is 2.76. The van der Waals surface area contributed by atoms with Gasteiger partial charge in [-0.05, 0) is 26.0 Å². The lowest BCUT2D eigenvalue weighted by Gasteiger charge is -2.35. The van der Waals surface area contributed by atoms with E-state index in [0.717, 1.165) is 4.31 Å². The fourth-order valence-electron chi connectivity index (χ4n) is 2.20. The molecule has 0 fully saturated rings. The van der Waals surface area contributed by atoms with Gasteiger partial charge in [-0.3, -0.25) is 9.59 Å². The normalized spacial score (nSPS) is 19.2. The van der Waals surface area contributed by atoms with Gasteiger partial charge in [0.15, 0.2) is 11.1 Å². The molecule has 0 aliphatic carbocycles. The number of nitrogens with one attached hydrogen (secondary N) is 1. The molecule has 120 valence electrons. The van der Waals surface area contributed by atoms with Gasteiger partial charge in [-0.1, -0.05) is 0 Å². The molecule has 1 aromatic heterocycles. The highest BCUT2D eigenvalue weighted by atomic mass is 32.2. The van der Waals surface area contributed by atoms with Crippen LogP contribution >= 0.6 is 0 Å². The van der Waals surface area contributed by atoms with Gasteiger partial charge in [-0.2, -0.15) is 0 Å². The molecule has 0 unspecified atom stereocenters. The fourth-order valence-corrected chi connectivity index (χ4v) is 3.93. The second-order valence-electron chi connectivity index (χ2n) is 5.26. The van der Waals surface area contributed by atoms with Crippen LogP contribution < -0.4 is 9.62 Å². The number of sulfonamides is 1. The van der Waals surface area contributed by atoms with Crippen LogP contribution in [0.2, 0.25) is 0 Å². The van der Waals surface area contributed by atoms with Crippen molar-refractivity contribution >= 4 is 33.3 Å². The lowest BCUT2D eigenvalue weighted by Crippen LogP contribution is -2.54. The van der Waals surface area contributed by atoms with Crippen molar-refractivity contribution in [3.63, 3.8) is 0 Å². The zero-order chi connectivity index (χ0) is 16.7. The number of aromatic nitrogens is 1. The Morgan fingerprint density at radius 3 is 2.68 bits per heavy atom. The van der Waals surface area contributed by atoms with Gasteiger partial charge in [0.1, 0.15) is 6.04 Å².